The minimum atomic E-state index is -0.200. The lowest BCUT2D eigenvalue weighted by Crippen LogP contribution is -2.51. The van der Waals surface area contributed by atoms with E-state index >= 15 is 0 Å². The molecule has 1 saturated heterocycles. The van der Waals surface area contributed by atoms with E-state index < -0.39 is 0 Å². The SMILES string of the molecule is CC(C)=CCO[C@@H]1CCOC[C@@H]1NC(=O)c1nccn1C. The monoisotopic (exact) mass is 293 g/mol. The molecular weight excluding hydrogens is 270 g/mol. The summed E-state index contributed by atoms with van der Waals surface area (Å²) in [5.41, 5.74) is 1.22. The summed E-state index contributed by atoms with van der Waals surface area (Å²) in [6.07, 6.45) is 6.14. The number of hydrogen-bond donors (Lipinski definition) is 1. The first kappa shape index (κ1) is 15.7. The Labute approximate surface area is 125 Å². The van der Waals surface area contributed by atoms with Crippen molar-refractivity contribution in [1.29, 1.82) is 0 Å². The van der Waals surface area contributed by atoms with Crippen LogP contribution in [-0.4, -0.2) is 47.4 Å². The van der Waals surface area contributed by atoms with E-state index in [4.69, 9.17) is 9.47 Å². The highest BCUT2D eigenvalue weighted by molar-refractivity contribution is 5.91. The van der Waals surface area contributed by atoms with Crippen molar-refractivity contribution in [1.82, 2.24) is 14.9 Å². The molecule has 2 atom stereocenters. The van der Waals surface area contributed by atoms with Crippen molar-refractivity contribution in [2.75, 3.05) is 19.8 Å². The van der Waals surface area contributed by atoms with Crippen molar-refractivity contribution in [2.24, 2.45) is 7.05 Å². The third-order valence-electron chi connectivity index (χ3n) is 3.44. The van der Waals surface area contributed by atoms with Crippen LogP contribution < -0.4 is 5.32 Å². The third kappa shape index (κ3) is 4.41. The summed E-state index contributed by atoms with van der Waals surface area (Å²) >= 11 is 0. The smallest absolute Gasteiger partial charge is 0.287 e. The van der Waals surface area contributed by atoms with Crippen LogP contribution in [0.2, 0.25) is 0 Å². The van der Waals surface area contributed by atoms with Crippen LogP contribution in [0.1, 0.15) is 30.9 Å². The zero-order valence-corrected chi connectivity index (χ0v) is 12.8. The number of aromatic nitrogens is 2. The summed E-state index contributed by atoms with van der Waals surface area (Å²) in [5, 5.41) is 2.96. The number of rotatable bonds is 5. The lowest BCUT2D eigenvalue weighted by atomic mass is 10.1. The van der Waals surface area contributed by atoms with Crippen molar-refractivity contribution in [3.05, 3.63) is 29.9 Å². The van der Waals surface area contributed by atoms with E-state index in [1.807, 2.05) is 19.9 Å². The van der Waals surface area contributed by atoms with Gasteiger partial charge >= 0.3 is 0 Å². The number of ether oxygens (including phenoxy) is 2. The molecule has 0 aromatic carbocycles. The molecule has 2 rings (SSSR count). The fourth-order valence-electron chi connectivity index (χ4n) is 2.21. The molecule has 1 aromatic heterocycles. The van der Waals surface area contributed by atoms with E-state index in [0.29, 0.717) is 25.6 Å². The van der Waals surface area contributed by atoms with Crippen molar-refractivity contribution in [3.8, 4) is 0 Å². The van der Waals surface area contributed by atoms with Crippen LogP contribution in [-0.2, 0) is 16.5 Å². The highest BCUT2D eigenvalue weighted by atomic mass is 16.5. The lowest BCUT2D eigenvalue weighted by molar-refractivity contribution is -0.0458. The highest BCUT2D eigenvalue weighted by Crippen LogP contribution is 2.13. The summed E-state index contributed by atoms with van der Waals surface area (Å²) in [7, 11) is 1.79. The molecule has 0 unspecified atom stereocenters. The number of nitrogens with one attached hydrogen (secondary N) is 1. The predicted octanol–water partition coefficient (Wildman–Crippen LogP) is 1.29. The van der Waals surface area contributed by atoms with Crippen molar-refractivity contribution >= 4 is 5.91 Å². The van der Waals surface area contributed by atoms with Gasteiger partial charge in [0.15, 0.2) is 5.82 Å². The average Bonchev–Trinajstić information content (AvgIpc) is 2.86. The van der Waals surface area contributed by atoms with Crippen LogP contribution in [0.5, 0.6) is 0 Å². The summed E-state index contributed by atoms with van der Waals surface area (Å²) in [4.78, 5) is 16.3. The maximum atomic E-state index is 12.2. The van der Waals surface area contributed by atoms with Gasteiger partial charge in [0.05, 0.1) is 25.4 Å². The summed E-state index contributed by atoms with van der Waals surface area (Å²) in [5.74, 6) is 0.192. The molecule has 1 N–H and O–H groups in total. The quantitative estimate of drug-likeness (QED) is 0.831. The van der Waals surface area contributed by atoms with Gasteiger partial charge in [0, 0.05) is 26.0 Å². The van der Waals surface area contributed by atoms with Gasteiger partial charge in [-0.05, 0) is 20.3 Å². The number of carbonyl (C=O) groups is 1. The molecule has 21 heavy (non-hydrogen) atoms. The van der Waals surface area contributed by atoms with Crippen molar-refractivity contribution in [3.63, 3.8) is 0 Å². The maximum absolute atomic E-state index is 12.2. The highest BCUT2D eigenvalue weighted by Gasteiger charge is 2.28. The predicted molar refractivity (Wildman–Crippen MR) is 79.1 cm³/mol. The fraction of sp³-hybridized carbons (Fsp3) is 0.600. The number of nitrogens with zero attached hydrogens (tertiary/aromatic N) is 2. The van der Waals surface area contributed by atoms with Gasteiger partial charge in [-0.15, -0.1) is 0 Å². The standard InChI is InChI=1S/C15H23N3O3/c1-11(2)4-9-21-13-5-8-20-10-12(13)17-15(19)14-16-6-7-18(14)3/h4,6-7,12-13H,5,8-10H2,1-3H3,(H,17,19)/t12-,13+/m0/s1. The number of hydrogen-bond acceptors (Lipinski definition) is 4. The molecule has 2 heterocycles. The Morgan fingerprint density at radius 1 is 1.62 bits per heavy atom. The zero-order chi connectivity index (χ0) is 15.2. The average molecular weight is 293 g/mol. The first-order valence-electron chi connectivity index (χ1n) is 7.19. The number of carbonyl (C=O) groups excluding carboxylic acids is 1. The van der Waals surface area contributed by atoms with Crippen LogP contribution in [0.3, 0.4) is 0 Å². The molecule has 1 aromatic rings. The van der Waals surface area contributed by atoms with E-state index in [9.17, 15) is 4.79 Å². The molecule has 1 aliphatic heterocycles. The topological polar surface area (TPSA) is 65.4 Å². The largest absolute Gasteiger partial charge is 0.379 e. The zero-order valence-electron chi connectivity index (χ0n) is 12.8. The van der Waals surface area contributed by atoms with Gasteiger partial charge in [-0.1, -0.05) is 11.6 Å². The van der Waals surface area contributed by atoms with Crippen LogP contribution in [0.25, 0.3) is 0 Å². The van der Waals surface area contributed by atoms with E-state index in [2.05, 4.69) is 10.3 Å². The Morgan fingerprint density at radius 2 is 2.43 bits per heavy atom. The Balaban J connectivity index is 1.94. The van der Waals surface area contributed by atoms with E-state index in [1.54, 1.807) is 24.0 Å². The molecule has 1 fully saturated rings. The number of allylic oxidation sites excluding steroid dienone is 1. The summed E-state index contributed by atoms with van der Waals surface area (Å²) in [6.45, 7) is 5.76. The number of aryl methyl sites for hydroxylation is 1. The van der Waals surface area contributed by atoms with E-state index in [-0.39, 0.29) is 18.1 Å². The first-order valence-corrected chi connectivity index (χ1v) is 7.19. The molecule has 1 aliphatic rings. The molecule has 116 valence electrons. The summed E-state index contributed by atoms with van der Waals surface area (Å²) in [6, 6.07) is -0.145. The maximum Gasteiger partial charge on any atom is 0.287 e. The number of imidazole rings is 1. The number of amides is 1. The van der Waals surface area contributed by atoms with Gasteiger partial charge in [-0.3, -0.25) is 4.79 Å². The Hall–Kier alpha value is -1.66. The van der Waals surface area contributed by atoms with Gasteiger partial charge in [0.1, 0.15) is 0 Å². The van der Waals surface area contributed by atoms with Gasteiger partial charge in [0.2, 0.25) is 0 Å². The van der Waals surface area contributed by atoms with Crippen LogP contribution >= 0.6 is 0 Å². The molecule has 1 amide bonds. The molecule has 0 saturated carbocycles. The molecular formula is C15H23N3O3. The van der Waals surface area contributed by atoms with E-state index in [0.717, 1.165) is 6.42 Å². The Morgan fingerprint density at radius 3 is 3.10 bits per heavy atom. The van der Waals surface area contributed by atoms with Crippen LogP contribution in [0.15, 0.2) is 24.0 Å². The second-order valence-corrected chi connectivity index (χ2v) is 5.46. The Kier molecular flexibility index (Phi) is 5.52. The fourth-order valence-corrected chi connectivity index (χ4v) is 2.21. The molecule has 6 heteroatoms. The third-order valence-corrected chi connectivity index (χ3v) is 3.44. The van der Waals surface area contributed by atoms with Gasteiger partial charge in [-0.2, -0.15) is 0 Å². The molecule has 0 aliphatic carbocycles. The second kappa shape index (κ2) is 7.38. The lowest BCUT2D eigenvalue weighted by Gasteiger charge is -2.31. The second-order valence-electron chi connectivity index (χ2n) is 5.46. The molecule has 0 bridgehead atoms. The normalized spacial score (nSPS) is 21.9. The van der Waals surface area contributed by atoms with Crippen LogP contribution in [0.4, 0.5) is 0 Å². The van der Waals surface area contributed by atoms with Crippen molar-refractivity contribution < 1.29 is 14.3 Å². The summed E-state index contributed by atoms with van der Waals surface area (Å²) < 4.78 is 13.0. The minimum Gasteiger partial charge on any atom is -0.379 e. The molecule has 6 nitrogen and oxygen atoms in total. The molecule has 0 radical (unpaired) electrons. The van der Waals surface area contributed by atoms with Crippen LogP contribution in [0, 0.1) is 0 Å². The van der Waals surface area contributed by atoms with Crippen molar-refractivity contribution in [2.45, 2.75) is 32.4 Å². The van der Waals surface area contributed by atoms with Gasteiger partial charge in [-0.25, -0.2) is 4.98 Å². The van der Waals surface area contributed by atoms with Gasteiger partial charge in [0.25, 0.3) is 5.91 Å². The molecule has 0 spiro atoms. The minimum absolute atomic E-state index is 0.0291. The first-order chi connectivity index (χ1) is 10.1. The Bertz CT molecular complexity index is 506. The van der Waals surface area contributed by atoms with E-state index in [1.165, 1.54) is 5.57 Å². The van der Waals surface area contributed by atoms with Gasteiger partial charge < -0.3 is 19.4 Å².